The summed E-state index contributed by atoms with van der Waals surface area (Å²) in [5, 5.41) is 10.2. The fourth-order valence-electron chi connectivity index (χ4n) is 2.43. The van der Waals surface area contributed by atoms with Gasteiger partial charge in [0.05, 0.1) is 13.2 Å². The summed E-state index contributed by atoms with van der Waals surface area (Å²) in [4.78, 5) is 8.68. The fourth-order valence-corrected chi connectivity index (χ4v) is 2.43. The molecule has 0 atom stereocenters. The highest BCUT2D eigenvalue weighted by atomic mass is 127. The molecular weight excluding hydrogens is 514 g/mol. The van der Waals surface area contributed by atoms with Gasteiger partial charge in [-0.25, -0.2) is 4.99 Å². The van der Waals surface area contributed by atoms with Gasteiger partial charge in [-0.3, -0.25) is 0 Å². The van der Waals surface area contributed by atoms with Crippen molar-refractivity contribution in [2.24, 2.45) is 4.99 Å². The first-order valence-electron chi connectivity index (χ1n) is 9.39. The van der Waals surface area contributed by atoms with E-state index in [1.54, 1.807) is 19.1 Å². The maximum Gasteiger partial charge on any atom is 0.411 e. The maximum atomic E-state index is 12.1. The van der Waals surface area contributed by atoms with Crippen LogP contribution < -0.4 is 10.6 Å². The zero-order chi connectivity index (χ0) is 21.1. The summed E-state index contributed by atoms with van der Waals surface area (Å²) >= 11 is 0. The molecular formula is C19H27F3IN5O2. The second-order valence-electron chi connectivity index (χ2n) is 6.39. The number of nitrogens with zero attached hydrogens (tertiary/aromatic N) is 3. The molecule has 0 bridgehead atoms. The van der Waals surface area contributed by atoms with Crippen molar-refractivity contribution in [2.75, 3.05) is 19.7 Å². The number of aryl methyl sites for hydroxylation is 2. The molecule has 0 fully saturated rings. The SMILES string of the molecule is CCNC(=NCc1ccc(COCC(F)(F)F)cc1)NCCCc1nc(C)no1.I. The van der Waals surface area contributed by atoms with E-state index in [2.05, 4.69) is 30.5 Å². The third-order valence-electron chi connectivity index (χ3n) is 3.75. The van der Waals surface area contributed by atoms with Crippen LogP contribution in [-0.2, 0) is 24.3 Å². The third kappa shape index (κ3) is 10.8. The normalized spacial score (nSPS) is 11.8. The number of alkyl halides is 3. The van der Waals surface area contributed by atoms with E-state index in [0.29, 0.717) is 42.7 Å². The second kappa shape index (κ2) is 13.4. The van der Waals surface area contributed by atoms with E-state index in [1.807, 2.05) is 19.1 Å². The van der Waals surface area contributed by atoms with Gasteiger partial charge >= 0.3 is 6.18 Å². The summed E-state index contributed by atoms with van der Waals surface area (Å²) in [5.41, 5.74) is 1.63. The molecule has 1 heterocycles. The number of nitrogens with one attached hydrogen (secondary N) is 2. The lowest BCUT2D eigenvalue weighted by atomic mass is 10.1. The molecule has 0 radical (unpaired) electrons. The Kier molecular flexibility index (Phi) is 11.7. The van der Waals surface area contributed by atoms with Crippen molar-refractivity contribution >= 4 is 29.9 Å². The van der Waals surface area contributed by atoms with Crippen LogP contribution in [0.3, 0.4) is 0 Å². The highest BCUT2D eigenvalue weighted by molar-refractivity contribution is 14.0. The molecule has 168 valence electrons. The number of hydrogen-bond acceptors (Lipinski definition) is 5. The van der Waals surface area contributed by atoms with Crippen LogP contribution in [0.25, 0.3) is 0 Å². The van der Waals surface area contributed by atoms with Gasteiger partial charge in [0, 0.05) is 19.5 Å². The van der Waals surface area contributed by atoms with Crippen molar-refractivity contribution in [3.63, 3.8) is 0 Å². The van der Waals surface area contributed by atoms with Crippen molar-refractivity contribution in [3.05, 3.63) is 47.1 Å². The Morgan fingerprint density at radius 2 is 1.87 bits per heavy atom. The fraction of sp³-hybridized carbons (Fsp3) is 0.526. The molecule has 11 heteroatoms. The predicted octanol–water partition coefficient (Wildman–Crippen LogP) is 3.76. The van der Waals surface area contributed by atoms with Gasteiger partial charge in [-0.15, -0.1) is 24.0 Å². The molecule has 0 spiro atoms. The number of ether oxygens (including phenoxy) is 1. The maximum absolute atomic E-state index is 12.1. The highest BCUT2D eigenvalue weighted by Crippen LogP contribution is 2.16. The number of aromatic nitrogens is 2. The number of rotatable bonds is 10. The minimum Gasteiger partial charge on any atom is -0.367 e. The van der Waals surface area contributed by atoms with E-state index < -0.39 is 12.8 Å². The van der Waals surface area contributed by atoms with E-state index in [-0.39, 0.29) is 30.6 Å². The Bertz CT molecular complexity index is 766. The number of aliphatic imine (C=N–C) groups is 1. The number of guanidine groups is 1. The molecule has 0 aliphatic carbocycles. The Labute approximate surface area is 190 Å². The van der Waals surface area contributed by atoms with Crippen molar-refractivity contribution in [1.82, 2.24) is 20.8 Å². The molecule has 0 saturated carbocycles. The van der Waals surface area contributed by atoms with Crippen LogP contribution in [-0.4, -0.2) is 42.0 Å². The van der Waals surface area contributed by atoms with Gasteiger partial charge in [0.25, 0.3) is 0 Å². The molecule has 2 rings (SSSR count). The molecule has 0 aliphatic rings. The lowest BCUT2D eigenvalue weighted by Crippen LogP contribution is -2.37. The average molecular weight is 541 g/mol. The van der Waals surface area contributed by atoms with Crippen LogP contribution >= 0.6 is 24.0 Å². The summed E-state index contributed by atoms with van der Waals surface area (Å²) in [6.07, 6.45) is -2.81. The Hall–Kier alpha value is -1.89. The van der Waals surface area contributed by atoms with Gasteiger partial charge in [0.15, 0.2) is 11.8 Å². The third-order valence-corrected chi connectivity index (χ3v) is 3.75. The molecule has 30 heavy (non-hydrogen) atoms. The molecule has 7 nitrogen and oxygen atoms in total. The van der Waals surface area contributed by atoms with Gasteiger partial charge in [0.2, 0.25) is 5.89 Å². The summed E-state index contributed by atoms with van der Waals surface area (Å²) in [6, 6.07) is 7.15. The van der Waals surface area contributed by atoms with Crippen molar-refractivity contribution in [1.29, 1.82) is 0 Å². The highest BCUT2D eigenvalue weighted by Gasteiger charge is 2.27. The standard InChI is InChI=1S/C19H26F3N5O2.HI/c1-3-23-18(24-10-4-5-17-26-14(2)27-29-17)25-11-15-6-8-16(9-7-15)12-28-13-19(20,21)22;/h6-9H,3-5,10-13H2,1-2H3,(H2,23,24,25);1H. The molecule has 0 saturated heterocycles. The van der Waals surface area contributed by atoms with Gasteiger partial charge in [-0.2, -0.15) is 18.2 Å². The smallest absolute Gasteiger partial charge is 0.367 e. The molecule has 0 unspecified atom stereocenters. The van der Waals surface area contributed by atoms with E-state index >= 15 is 0 Å². The number of halogens is 4. The minimum absolute atomic E-state index is 0. The molecule has 1 aromatic carbocycles. The lowest BCUT2D eigenvalue weighted by Gasteiger charge is -2.11. The Balaban J connectivity index is 0.00000450. The molecule has 0 aliphatic heterocycles. The monoisotopic (exact) mass is 541 g/mol. The van der Waals surface area contributed by atoms with E-state index in [4.69, 9.17) is 4.52 Å². The molecule has 0 amide bonds. The van der Waals surface area contributed by atoms with Crippen LogP contribution in [0, 0.1) is 6.92 Å². The van der Waals surface area contributed by atoms with Crippen LogP contribution in [0.4, 0.5) is 13.2 Å². The summed E-state index contributed by atoms with van der Waals surface area (Å²) in [5.74, 6) is 1.93. The molecule has 2 N–H and O–H groups in total. The van der Waals surface area contributed by atoms with Gasteiger partial charge in [-0.1, -0.05) is 29.4 Å². The van der Waals surface area contributed by atoms with Crippen molar-refractivity contribution in [3.8, 4) is 0 Å². The average Bonchev–Trinajstić information content (AvgIpc) is 3.08. The van der Waals surface area contributed by atoms with Crippen LogP contribution in [0.5, 0.6) is 0 Å². The van der Waals surface area contributed by atoms with Crippen LogP contribution in [0.15, 0.2) is 33.8 Å². The lowest BCUT2D eigenvalue weighted by molar-refractivity contribution is -0.176. The quantitative estimate of drug-likeness (QED) is 0.206. The first kappa shape index (κ1) is 26.1. The summed E-state index contributed by atoms with van der Waals surface area (Å²) in [7, 11) is 0. The largest absolute Gasteiger partial charge is 0.411 e. The van der Waals surface area contributed by atoms with E-state index in [1.165, 1.54) is 0 Å². The van der Waals surface area contributed by atoms with Crippen LogP contribution in [0.1, 0.15) is 36.2 Å². The van der Waals surface area contributed by atoms with E-state index in [9.17, 15) is 13.2 Å². The van der Waals surface area contributed by atoms with Gasteiger partial charge in [0.1, 0.15) is 6.61 Å². The second-order valence-corrected chi connectivity index (χ2v) is 6.39. The zero-order valence-electron chi connectivity index (χ0n) is 17.0. The zero-order valence-corrected chi connectivity index (χ0v) is 19.3. The first-order chi connectivity index (χ1) is 13.9. The Morgan fingerprint density at radius 1 is 1.17 bits per heavy atom. The minimum atomic E-state index is -4.31. The predicted molar refractivity (Wildman–Crippen MR) is 118 cm³/mol. The Morgan fingerprint density at radius 3 is 2.47 bits per heavy atom. The summed E-state index contributed by atoms with van der Waals surface area (Å²) < 4.78 is 46.0. The number of hydrogen-bond donors (Lipinski definition) is 2. The van der Waals surface area contributed by atoms with Crippen LogP contribution in [0.2, 0.25) is 0 Å². The topological polar surface area (TPSA) is 84.6 Å². The van der Waals surface area contributed by atoms with E-state index in [0.717, 1.165) is 18.5 Å². The summed E-state index contributed by atoms with van der Waals surface area (Å²) in [6.45, 7) is 4.31. The first-order valence-corrected chi connectivity index (χ1v) is 9.39. The molecule has 1 aromatic heterocycles. The molecule has 2 aromatic rings. The van der Waals surface area contributed by atoms with Crippen molar-refractivity contribution in [2.45, 2.75) is 46.0 Å². The number of benzene rings is 1. The van der Waals surface area contributed by atoms with Gasteiger partial charge < -0.3 is 19.9 Å². The van der Waals surface area contributed by atoms with Gasteiger partial charge in [-0.05, 0) is 31.4 Å². The van der Waals surface area contributed by atoms with Crippen molar-refractivity contribution < 1.29 is 22.4 Å².